The van der Waals surface area contributed by atoms with Gasteiger partial charge >= 0.3 is 0 Å². The van der Waals surface area contributed by atoms with Crippen LogP contribution in [0.1, 0.15) is 37.3 Å². The number of benzene rings is 1. The molecule has 1 fully saturated rings. The van der Waals surface area contributed by atoms with E-state index in [4.69, 9.17) is 0 Å². The van der Waals surface area contributed by atoms with E-state index in [1.54, 1.807) is 0 Å². The second-order valence-corrected chi connectivity index (χ2v) is 5.36. The molecule has 1 aliphatic rings. The Morgan fingerprint density at radius 3 is 2.68 bits per heavy atom. The lowest BCUT2D eigenvalue weighted by Gasteiger charge is -2.22. The van der Waals surface area contributed by atoms with E-state index in [1.807, 2.05) is 0 Å². The van der Waals surface area contributed by atoms with E-state index in [2.05, 4.69) is 41.8 Å². The predicted octanol–water partition coefficient (Wildman–Crippen LogP) is 2.25. The van der Waals surface area contributed by atoms with Crippen LogP contribution in [0.4, 0.5) is 0 Å². The van der Waals surface area contributed by atoms with Crippen LogP contribution in [0.15, 0.2) is 24.3 Å². The number of nitrogens with one attached hydrogen (secondary N) is 2. The van der Waals surface area contributed by atoms with Gasteiger partial charge in [0.25, 0.3) is 0 Å². The van der Waals surface area contributed by atoms with Crippen LogP contribution in [0.25, 0.3) is 0 Å². The summed E-state index contributed by atoms with van der Waals surface area (Å²) >= 11 is 0. The molecular weight excluding hydrogens is 236 g/mol. The highest BCUT2D eigenvalue weighted by Crippen LogP contribution is 2.13. The molecule has 2 N–H and O–H groups in total. The maximum absolute atomic E-state index is 11.9. The van der Waals surface area contributed by atoms with Crippen LogP contribution in [-0.4, -0.2) is 19.0 Å². The number of piperidine rings is 1. The highest BCUT2D eigenvalue weighted by Gasteiger charge is 2.16. The number of rotatable bonds is 5. The molecule has 0 aromatic heterocycles. The van der Waals surface area contributed by atoms with Gasteiger partial charge in [-0.1, -0.05) is 31.2 Å². The van der Waals surface area contributed by atoms with E-state index < -0.39 is 0 Å². The average molecular weight is 260 g/mol. The van der Waals surface area contributed by atoms with Gasteiger partial charge in [0.2, 0.25) is 5.91 Å². The van der Waals surface area contributed by atoms with Crippen LogP contribution in [0.5, 0.6) is 0 Å². The molecule has 0 bridgehead atoms. The molecule has 3 nitrogen and oxygen atoms in total. The summed E-state index contributed by atoms with van der Waals surface area (Å²) in [5.41, 5.74) is 2.51. The van der Waals surface area contributed by atoms with Crippen molar-refractivity contribution in [3.8, 4) is 0 Å². The Labute approximate surface area is 115 Å². The number of amides is 1. The smallest absolute Gasteiger partial charge is 0.220 e. The first-order valence-corrected chi connectivity index (χ1v) is 7.33. The first-order chi connectivity index (χ1) is 9.28. The van der Waals surface area contributed by atoms with Crippen molar-refractivity contribution in [3.63, 3.8) is 0 Å². The van der Waals surface area contributed by atoms with Gasteiger partial charge in [-0.3, -0.25) is 4.79 Å². The van der Waals surface area contributed by atoms with Crippen molar-refractivity contribution in [1.29, 1.82) is 0 Å². The molecule has 1 atom stereocenters. The third-order valence-electron chi connectivity index (χ3n) is 3.79. The van der Waals surface area contributed by atoms with Crippen molar-refractivity contribution in [3.05, 3.63) is 35.4 Å². The van der Waals surface area contributed by atoms with Crippen molar-refractivity contribution < 1.29 is 4.79 Å². The predicted molar refractivity (Wildman–Crippen MR) is 77.9 cm³/mol. The van der Waals surface area contributed by atoms with E-state index in [-0.39, 0.29) is 5.91 Å². The lowest BCUT2D eigenvalue weighted by Crippen LogP contribution is -2.34. The molecule has 1 heterocycles. The lowest BCUT2D eigenvalue weighted by atomic mass is 9.96. The Morgan fingerprint density at radius 2 is 2.05 bits per heavy atom. The van der Waals surface area contributed by atoms with Gasteiger partial charge in [-0.25, -0.2) is 0 Å². The normalized spacial score (nSPS) is 19.1. The Morgan fingerprint density at radius 1 is 1.32 bits per heavy atom. The van der Waals surface area contributed by atoms with Gasteiger partial charge in [0.05, 0.1) is 0 Å². The Kier molecular flexibility index (Phi) is 5.40. The van der Waals surface area contributed by atoms with Gasteiger partial charge in [-0.2, -0.15) is 0 Å². The summed E-state index contributed by atoms with van der Waals surface area (Å²) in [6, 6.07) is 8.46. The van der Waals surface area contributed by atoms with Gasteiger partial charge < -0.3 is 10.6 Å². The highest BCUT2D eigenvalue weighted by molar-refractivity contribution is 5.76. The monoisotopic (exact) mass is 260 g/mol. The second-order valence-electron chi connectivity index (χ2n) is 5.36. The first kappa shape index (κ1) is 14.1. The fourth-order valence-electron chi connectivity index (χ4n) is 2.53. The summed E-state index contributed by atoms with van der Waals surface area (Å²) in [5, 5.41) is 6.36. The molecule has 0 radical (unpaired) electrons. The van der Waals surface area contributed by atoms with Crippen molar-refractivity contribution in [2.45, 2.75) is 39.2 Å². The van der Waals surface area contributed by atoms with Crippen molar-refractivity contribution in [1.82, 2.24) is 10.6 Å². The Hall–Kier alpha value is -1.35. The van der Waals surface area contributed by atoms with Crippen LogP contribution in [0, 0.1) is 5.92 Å². The molecule has 2 rings (SSSR count). The van der Waals surface area contributed by atoms with Crippen LogP contribution >= 0.6 is 0 Å². The fourth-order valence-corrected chi connectivity index (χ4v) is 2.53. The lowest BCUT2D eigenvalue weighted by molar-refractivity contribution is -0.122. The van der Waals surface area contributed by atoms with Crippen molar-refractivity contribution in [2.24, 2.45) is 5.92 Å². The average Bonchev–Trinajstić information content (AvgIpc) is 2.47. The molecule has 1 aromatic rings. The van der Waals surface area contributed by atoms with Gasteiger partial charge in [-0.15, -0.1) is 0 Å². The molecule has 1 aliphatic heterocycles. The third kappa shape index (κ3) is 4.67. The van der Waals surface area contributed by atoms with Gasteiger partial charge in [0, 0.05) is 13.0 Å². The third-order valence-corrected chi connectivity index (χ3v) is 3.79. The SMILES string of the molecule is CCc1ccc(CNC(=O)CC2CCCNC2)cc1. The molecule has 1 amide bonds. The van der Waals surface area contributed by atoms with E-state index in [0.717, 1.165) is 19.5 Å². The summed E-state index contributed by atoms with van der Waals surface area (Å²) in [7, 11) is 0. The van der Waals surface area contributed by atoms with E-state index >= 15 is 0 Å². The standard InChI is InChI=1S/C16H24N2O/c1-2-13-5-7-14(8-6-13)12-18-16(19)10-15-4-3-9-17-11-15/h5-8,15,17H,2-4,9-12H2,1H3,(H,18,19). The number of aryl methyl sites for hydroxylation is 1. The summed E-state index contributed by atoms with van der Waals surface area (Å²) < 4.78 is 0. The quantitative estimate of drug-likeness (QED) is 0.852. The van der Waals surface area contributed by atoms with E-state index in [1.165, 1.54) is 24.0 Å². The molecule has 1 aromatic carbocycles. The number of hydrogen-bond acceptors (Lipinski definition) is 2. The molecular formula is C16H24N2O. The van der Waals surface area contributed by atoms with Crippen LogP contribution in [0.2, 0.25) is 0 Å². The minimum atomic E-state index is 0.174. The molecule has 1 saturated heterocycles. The zero-order valence-corrected chi connectivity index (χ0v) is 11.7. The van der Waals surface area contributed by atoms with E-state index in [0.29, 0.717) is 18.9 Å². The summed E-state index contributed by atoms with van der Waals surface area (Å²) in [5.74, 6) is 0.685. The van der Waals surface area contributed by atoms with Crippen LogP contribution in [-0.2, 0) is 17.8 Å². The first-order valence-electron chi connectivity index (χ1n) is 7.33. The number of hydrogen-bond donors (Lipinski definition) is 2. The molecule has 0 aliphatic carbocycles. The number of carbonyl (C=O) groups excluding carboxylic acids is 1. The highest BCUT2D eigenvalue weighted by atomic mass is 16.1. The molecule has 19 heavy (non-hydrogen) atoms. The zero-order chi connectivity index (χ0) is 13.5. The summed E-state index contributed by atoms with van der Waals surface area (Å²) in [6.07, 6.45) is 4.07. The maximum atomic E-state index is 11.9. The molecule has 0 saturated carbocycles. The maximum Gasteiger partial charge on any atom is 0.220 e. The van der Waals surface area contributed by atoms with Gasteiger partial charge in [-0.05, 0) is 49.4 Å². The van der Waals surface area contributed by atoms with Gasteiger partial charge in [0.1, 0.15) is 0 Å². The summed E-state index contributed by atoms with van der Waals surface area (Å²) in [4.78, 5) is 11.9. The van der Waals surface area contributed by atoms with Crippen molar-refractivity contribution >= 4 is 5.91 Å². The second kappa shape index (κ2) is 7.29. The minimum absolute atomic E-state index is 0.174. The van der Waals surface area contributed by atoms with Gasteiger partial charge in [0.15, 0.2) is 0 Å². The molecule has 0 spiro atoms. The topological polar surface area (TPSA) is 41.1 Å². The minimum Gasteiger partial charge on any atom is -0.352 e. The van der Waals surface area contributed by atoms with Crippen LogP contribution in [0.3, 0.4) is 0 Å². The van der Waals surface area contributed by atoms with Crippen LogP contribution < -0.4 is 10.6 Å². The molecule has 1 unspecified atom stereocenters. The Balaban J connectivity index is 1.72. The van der Waals surface area contributed by atoms with E-state index in [9.17, 15) is 4.79 Å². The largest absolute Gasteiger partial charge is 0.352 e. The molecule has 104 valence electrons. The zero-order valence-electron chi connectivity index (χ0n) is 11.7. The number of carbonyl (C=O) groups is 1. The Bertz CT molecular complexity index is 394. The van der Waals surface area contributed by atoms with Crippen molar-refractivity contribution in [2.75, 3.05) is 13.1 Å². The summed E-state index contributed by atoms with van der Waals surface area (Å²) in [6.45, 7) is 4.87. The fraction of sp³-hybridized carbons (Fsp3) is 0.562. The molecule has 3 heteroatoms.